The first-order valence-electron chi connectivity index (χ1n) is 11.4. The summed E-state index contributed by atoms with van der Waals surface area (Å²) < 4.78 is 10.2. The van der Waals surface area contributed by atoms with E-state index in [1.54, 1.807) is 6.92 Å². The van der Waals surface area contributed by atoms with Crippen molar-refractivity contribution in [2.75, 3.05) is 13.3 Å². The second-order valence-electron chi connectivity index (χ2n) is 7.46. The molecule has 9 nitrogen and oxygen atoms in total. The third-order valence-corrected chi connectivity index (χ3v) is 4.59. The highest BCUT2D eigenvalue weighted by molar-refractivity contribution is 5.94. The molecular formula is C22H40N2O7. The van der Waals surface area contributed by atoms with Gasteiger partial charge in [-0.3, -0.25) is 19.2 Å². The van der Waals surface area contributed by atoms with Gasteiger partial charge in [-0.05, 0) is 32.1 Å². The zero-order chi connectivity index (χ0) is 23.5. The van der Waals surface area contributed by atoms with Gasteiger partial charge in [-0.25, -0.2) is 0 Å². The van der Waals surface area contributed by atoms with Gasteiger partial charge in [0.25, 0.3) is 0 Å². The van der Waals surface area contributed by atoms with Crippen LogP contribution in [0, 0.1) is 0 Å². The van der Waals surface area contributed by atoms with Crippen LogP contribution in [0.4, 0.5) is 0 Å². The third kappa shape index (κ3) is 16.2. The average Bonchev–Trinajstić information content (AvgIpc) is 2.74. The van der Waals surface area contributed by atoms with Crippen molar-refractivity contribution in [3.8, 4) is 0 Å². The van der Waals surface area contributed by atoms with Gasteiger partial charge in [0, 0.05) is 12.8 Å². The second-order valence-corrected chi connectivity index (χ2v) is 7.46. The summed E-state index contributed by atoms with van der Waals surface area (Å²) in [5, 5.41) is 15.4. The van der Waals surface area contributed by atoms with E-state index in [0.29, 0.717) is 32.1 Å². The average molecular weight is 445 g/mol. The molecule has 9 heteroatoms. The number of hydrogen-bond acceptors (Lipinski definition) is 7. The molecule has 2 amide bonds. The summed E-state index contributed by atoms with van der Waals surface area (Å²) in [4.78, 5) is 46.3. The van der Waals surface area contributed by atoms with Gasteiger partial charge in [0.2, 0.25) is 11.8 Å². The zero-order valence-electron chi connectivity index (χ0n) is 19.2. The Morgan fingerprint density at radius 3 is 2.16 bits per heavy atom. The van der Waals surface area contributed by atoms with Crippen LogP contribution < -0.4 is 10.6 Å². The van der Waals surface area contributed by atoms with Gasteiger partial charge in [-0.2, -0.15) is 0 Å². The van der Waals surface area contributed by atoms with Gasteiger partial charge in [0.15, 0.2) is 0 Å². The molecule has 0 aliphatic rings. The minimum atomic E-state index is -0.748. The Balaban J connectivity index is 4.03. The van der Waals surface area contributed by atoms with Crippen LogP contribution in [0.5, 0.6) is 0 Å². The Morgan fingerprint density at radius 1 is 0.839 bits per heavy atom. The molecule has 0 bridgehead atoms. The summed E-state index contributed by atoms with van der Waals surface area (Å²) in [7, 11) is 0. The van der Waals surface area contributed by atoms with Crippen molar-refractivity contribution in [1.29, 1.82) is 0 Å². The van der Waals surface area contributed by atoms with Crippen LogP contribution in [0.1, 0.15) is 91.4 Å². The Morgan fingerprint density at radius 2 is 1.52 bits per heavy atom. The number of amides is 2. The number of aliphatic hydroxyl groups excluding tert-OH is 1. The van der Waals surface area contributed by atoms with Gasteiger partial charge >= 0.3 is 11.9 Å². The Kier molecular flexibility index (Phi) is 17.3. The van der Waals surface area contributed by atoms with Crippen molar-refractivity contribution < 1.29 is 33.8 Å². The lowest BCUT2D eigenvalue weighted by Gasteiger charge is -2.23. The highest BCUT2D eigenvalue weighted by Crippen LogP contribution is 2.16. The number of carbonyl (C=O) groups is 4. The minimum Gasteiger partial charge on any atom is -0.465 e. The number of carbonyl (C=O) groups excluding carboxylic acids is 4. The van der Waals surface area contributed by atoms with Crippen LogP contribution in [0.2, 0.25) is 0 Å². The maximum absolute atomic E-state index is 11.8. The summed E-state index contributed by atoms with van der Waals surface area (Å²) in [5.41, 5.74) is 0. The van der Waals surface area contributed by atoms with E-state index in [1.807, 2.05) is 6.92 Å². The number of nitrogens with one attached hydrogen (secondary N) is 2. The van der Waals surface area contributed by atoms with E-state index in [1.165, 1.54) is 0 Å². The smallest absolute Gasteiger partial charge is 0.315 e. The fourth-order valence-corrected chi connectivity index (χ4v) is 2.79. The number of unbranched alkanes of at least 4 members (excludes halogenated alkanes) is 3. The van der Waals surface area contributed by atoms with Gasteiger partial charge in [0.05, 0.1) is 19.4 Å². The van der Waals surface area contributed by atoms with Crippen molar-refractivity contribution in [3.63, 3.8) is 0 Å². The molecule has 2 unspecified atom stereocenters. The number of rotatable bonds is 18. The van der Waals surface area contributed by atoms with Gasteiger partial charge in [0.1, 0.15) is 12.5 Å². The molecule has 0 aromatic carbocycles. The summed E-state index contributed by atoms with van der Waals surface area (Å²) in [6.45, 7) is 5.88. The number of ether oxygens (including phenoxy) is 2. The Bertz CT molecular complexity index is 540. The van der Waals surface area contributed by atoms with Crippen LogP contribution in [0.3, 0.4) is 0 Å². The summed E-state index contributed by atoms with van der Waals surface area (Å²) in [5.74, 6) is -1.66. The number of hydrogen-bond donors (Lipinski definition) is 3. The van der Waals surface area contributed by atoms with Crippen LogP contribution in [-0.2, 0) is 28.7 Å². The molecule has 0 saturated carbocycles. The fraction of sp³-hybridized carbons (Fsp3) is 0.818. The minimum absolute atomic E-state index is 0.0617. The molecule has 0 saturated heterocycles. The van der Waals surface area contributed by atoms with E-state index in [0.717, 1.165) is 19.3 Å². The van der Waals surface area contributed by atoms with Crippen LogP contribution in [0.15, 0.2) is 0 Å². The van der Waals surface area contributed by atoms with Crippen molar-refractivity contribution in [2.45, 2.75) is 104 Å². The molecule has 0 aliphatic carbocycles. The van der Waals surface area contributed by atoms with Crippen molar-refractivity contribution in [3.05, 3.63) is 0 Å². The summed E-state index contributed by atoms with van der Waals surface area (Å²) >= 11 is 0. The molecule has 0 radical (unpaired) electrons. The molecular weight excluding hydrogens is 404 g/mol. The molecule has 0 aromatic heterocycles. The molecule has 2 atom stereocenters. The molecule has 180 valence electrons. The standard InChI is InChI=1S/C22H40N2O7/c1-4-7-8-12-18(31-21(28)6-3)17(25)11-9-10-13-19(26)23-16-24-20(27)15-22(29)30-14-5-2/h17-18,25H,4-16H2,1-3H3,(H,23,26)(H,24,27). The lowest BCUT2D eigenvalue weighted by Crippen LogP contribution is -2.38. The van der Waals surface area contributed by atoms with Crippen molar-refractivity contribution >= 4 is 23.8 Å². The van der Waals surface area contributed by atoms with E-state index in [9.17, 15) is 24.3 Å². The van der Waals surface area contributed by atoms with E-state index >= 15 is 0 Å². The number of esters is 2. The topological polar surface area (TPSA) is 131 Å². The van der Waals surface area contributed by atoms with Crippen LogP contribution >= 0.6 is 0 Å². The molecule has 31 heavy (non-hydrogen) atoms. The largest absolute Gasteiger partial charge is 0.465 e. The van der Waals surface area contributed by atoms with E-state index in [4.69, 9.17) is 9.47 Å². The van der Waals surface area contributed by atoms with Gasteiger partial charge in [-0.1, -0.05) is 40.0 Å². The van der Waals surface area contributed by atoms with Gasteiger partial charge in [-0.15, -0.1) is 0 Å². The first-order valence-corrected chi connectivity index (χ1v) is 11.4. The van der Waals surface area contributed by atoms with E-state index < -0.39 is 24.1 Å². The van der Waals surface area contributed by atoms with Crippen molar-refractivity contribution in [1.82, 2.24) is 10.6 Å². The molecule has 0 fully saturated rings. The molecule has 3 N–H and O–H groups in total. The summed E-state index contributed by atoms with van der Waals surface area (Å²) in [6, 6.07) is 0. The second kappa shape index (κ2) is 18.6. The highest BCUT2D eigenvalue weighted by Gasteiger charge is 2.22. The van der Waals surface area contributed by atoms with E-state index in [-0.39, 0.29) is 44.4 Å². The zero-order valence-corrected chi connectivity index (χ0v) is 19.2. The number of aliphatic hydroxyl groups is 1. The highest BCUT2D eigenvalue weighted by atomic mass is 16.6. The predicted octanol–water partition coefficient (Wildman–Crippen LogP) is 2.34. The third-order valence-electron chi connectivity index (χ3n) is 4.59. The van der Waals surface area contributed by atoms with Crippen LogP contribution in [-0.4, -0.2) is 54.3 Å². The lowest BCUT2D eigenvalue weighted by atomic mass is 10.0. The predicted molar refractivity (Wildman–Crippen MR) is 116 cm³/mol. The van der Waals surface area contributed by atoms with Gasteiger partial charge < -0.3 is 25.2 Å². The Labute approximate surface area is 185 Å². The normalized spacial score (nSPS) is 12.5. The quantitative estimate of drug-likeness (QED) is 0.128. The maximum Gasteiger partial charge on any atom is 0.315 e. The monoisotopic (exact) mass is 444 g/mol. The Hall–Kier alpha value is -2.16. The molecule has 0 aliphatic heterocycles. The SMILES string of the molecule is CCCCCC(OC(=O)CC)C(O)CCCCC(=O)NCNC(=O)CC(=O)OCCC. The van der Waals surface area contributed by atoms with Crippen LogP contribution in [0.25, 0.3) is 0 Å². The fourth-order valence-electron chi connectivity index (χ4n) is 2.79. The lowest BCUT2D eigenvalue weighted by molar-refractivity contribution is -0.155. The van der Waals surface area contributed by atoms with Crippen molar-refractivity contribution in [2.24, 2.45) is 0 Å². The van der Waals surface area contributed by atoms with E-state index in [2.05, 4.69) is 17.6 Å². The maximum atomic E-state index is 11.8. The molecule has 0 spiro atoms. The molecule has 0 rings (SSSR count). The first-order chi connectivity index (χ1) is 14.8. The first kappa shape index (κ1) is 28.8. The summed E-state index contributed by atoms with van der Waals surface area (Å²) in [6.07, 6.45) is 4.76. The molecule has 0 heterocycles. The molecule has 0 aromatic rings.